The van der Waals surface area contributed by atoms with E-state index in [2.05, 4.69) is 26.2 Å². The van der Waals surface area contributed by atoms with Crippen molar-refractivity contribution in [3.05, 3.63) is 87.1 Å². The van der Waals surface area contributed by atoms with E-state index in [1.165, 1.54) is 5.56 Å². The molecule has 0 aliphatic rings. The van der Waals surface area contributed by atoms with Crippen molar-refractivity contribution >= 4 is 39.9 Å². The number of aromatic nitrogens is 1. The van der Waals surface area contributed by atoms with E-state index in [1.54, 1.807) is 19.5 Å². The Labute approximate surface area is 184 Å². The molecule has 0 amide bonds. The lowest BCUT2D eigenvalue weighted by Crippen LogP contribution is -2.13. The molecule has 1 N–H and O–H groups in total. The van der Waals surface area contributed by atoms with Crippen LogP contribution < -0.4 is 14.8 Å². The molecule has 2 aromatic carbocycles. The fourth-order valence-electron chi connectivity index (χ4n) is 2.63. The molecule has 3 aromatic rings. The second-order valence-corrected chi connectivity index (χ2v) is 7.21. The molecule has 0 saturated heterocycles. The Kier molecular flexibility index (Phi) is 9.06. The lowest BCUT2D eigenvalue weighted by Gasteiger charge is -2.15. The Morgan fingerprint density at radius 3 is 2.46 bits per heavy atom. The molecule has 28 heavy (non-hydrogen) atoms. The van der Waals surface area contributed by atoms with E-state index in [9.17, 15) is 0 Å². The van der Waals surface area contributed by atoms with E-state index < -0.39 is 0 Å². The molecule has 0 fully saturated rings. The van der Waals surface area contributed by atoms with E-state index in [0.29, 0.717) is 29.7 Å². The van der Waals surface area contributed by atoms with Crippen LogP contribution in [0.5, 0.6) is 11.5 Å². The van der Waals surface area contributed by atoms with Crippen LogP contribution >= 0.6 is 39.9 Å². The highest BCUT2D eigenvalue weighted by Crippen LogP contribution is 2.37. The molecule has 0 aliphatic carbocycles. The molecule has 0 radical (unpaired) electrons. The summed E-state index contributed by atoms with van der Waals surface area (Å²) in [6.07, 6.45) is 3.59. The average molecular weight is 484 g/mol. The molecule has 0 atom stereocenters. The zero-order valence-electron chi connectivity index (χ0n) is 15.3. The highest BCUT2D eigenvalue weighted by molar-refractivity contribution is 9.10. The van der Waals surface area contributed by atoms with Gasteiger partial charge in [0.25, 0.3) is 0 Å². The van der Waals surface area contributed by atoms with Crippen molar-refractivity contribution in [2.75, 3.05) is 7.11 Å². The summed E-state index contributed by atoms with van der Waals surface area (Å²) in [4.78, 5) is 4.03. The minimum Gasteiger partial charge on any atom is -0.493 e. The standard InChI is InChI=1S/C21H20BrClN2O2.ClH/c1-26-20-11-16(13-25-12-15-6-8-24-9-7-15)10-18(22)21(20)27-14-17-4-2-3-5-19(17)23;/h2-11,25H,12-14H2,1H3;1H. The smallest absolute Gasteiger partial charge is 0.175 e. The molecule has 7 heteroatoms. The average Bonchev–Trinajstić information content (AvgIpc) is 2.69. The van der Waals surface area contributed by atoms with Crippen LogP contribution in [0.1, 0.15) is 16.7 Å². The summed E-state index contributed by atoms with van der Waals surface area (Å²) in [5.41, 5.74) is 3.21. The number of hydrogen-bond acceptors (Lipinski definition) is 4. The third kappa shape index (κ3) is 6.11. The summed E-state index contributed by atoms with van der Waals surface area (Å²) in [7, 11) is 1.64. The summed E-state index contributed by atoms with van der Waals surface area (Å²) < 4.78 is 12.3. The van der Waals surface area contributed by atoms with Crippen LogP contribution in [-0.2, 0) is 19.7 Å². The van der Waals surface area contributed by atoms with Crippen LogP contribution in [0.3, 0.4) is 0 Å². The van der Waals surface area contributed by atoms with Gasteiger partial charge in [0.05, 0.1) is 11.6 Å². The molecular weight excluding hydrogens is 463 g/mol. The molecule has 0 spiro atoms. The van der Waals surface area contributed by atoms with Gasteiger partial charge in [-0.05, 0) is 57.4 Å². The fraction of sp³-hybridized carbons (Fsp3) is 0.190. The van der Waals surface area contributed by atoms with Gasteiger partial charge in [-0.2, -0.15) is 0 Å². The minimum absolute atomic E-state index is 0. The predicted molar refractivity (Wildman–Crippen MR) is 119 cm³/mol. The summed E-state index contributed by atoms with van der Waals surface area (Å²) in [6.45, 7) is 1.85. The van der Waals surface area contributed by atoms with Crippen molar-refractivity contribution < 1.29 is 9.47 Å². The first kappa shape index (κ1) is 22.5. The van der Waals surface area contributed by atoms with Gasteiger partial charge in [-0.3, -0.25) is 4.98 Å². The van der Waals surface area contributed by atoms with Crippen molar-refractivity contribution in [1.82, 2.24) is 10.3 Å². The van der Waals surface area contributed by atoms with E-state index in [4.69, 9.17) is 21.1 Å². The molecule has 4 nitrogen and oxygen atoms in total. The van der Waals surface area contributed by atoms with Crippen molar-refractivity contribution in [3.63, 3.8) is 0 Å². The van der Waals surface area contributed by atoms with Crippen molar-refractivity contribution in [1.29, 1.82) is 0 Å². The lowest BCUT2D eigenvalue weighted by atomic mass is 10.2. The Bertz CT molecular complexity index is 895. The van der Waals surface area contributed by atoms with Gasteiger partial charge in [-0.1, -0.05) is 29.8 Å². The quantitative estimate of drug-likeness (QED) is 0.439. The summed E-state index contributed by atoms with van der Waals surface area (Å²) >= 11 is 9.80. The lowest BCUT2D eigenvalue weighted by molar-refractivity contribution is 0.282. The number of nitrogens with zero attached hydrogens (tertiary/aromatic N) is 1. The number of nitrogens with one attached hydrogen (secondary N) is 1. The number of hydrogen-bond donors (Lipinski definition) is 1. The van der Waals surface area contributed by atoms with Crippen LogP contribution in [0.25, 0.3) is 0 Å². The molecule has 0 saturated carbocycles. The zero-order chi connectivity index (χ0) is 19.1. The maximum atomic E-state index is 6.20. The number of ether oxygens (including phenoxy) is 2. The second-order valence-electron chi connectivity index (χ2n) is 5.95. The summed E-state index contributed by atoms with van der Waals surface area (Å²) in [5.74, 6) is 1.34. The Hall–Kier alpha value is -1.79. The normalized spacial score (nSPS) is 10.2. The molecule has 148 valence electrons. The number of benzene rings is 2. The van der Waals surface area contributed by atoms with Crippen LogP contribution in [0.15, 0.2) is 65.4 Å². The van der Waals surface area contributed by atoms with E-state index in [1.807, 2.05) is 48.5 Å². The highest BCUT2D eigenvalue weighted by atomic mass is 79.9. The SMILES string of the molecule is COc1cc(CNCc2ccncc2)cc(Br)c1OCc1ccccc1Cl.Cl. The molecular formula is C21H21BrCl2N2O2. The fourth-order valence-corrected chi connectivity index (χ4v) is 3.43. The summed E-state index contributed by atoms with van der Waals surface area (Å²) in [5, 5.41) is 4.10. The Morgan fingerprint density at radius 2 is 1.75 bits per heavy atom. The third-order valence-corrected chi connectivity index (χ3v) is 4.98. The van der Waals surface area contributed by atoms with Gasteiger partial charge in [-0.25, -0.2) is 0 Å². The van der Waals surface area contributed by atoms with E-state index >= 15 is 0 Å². The maximum Gasteiger partial charge on any atom is 0.175 e. The number of halogens is 3. The number of rotatable bonds is 8. The highest BCUT2D eigenvalue weighted by Gasteiger charge is 2.13. The van der Waals surface area contributed by atoms with Crippen LogP contribution in [0.2, 0.25) is 5.02 Å². The molecule has 1 heterocycles. The molecule has 0 aliphatic heterocycles. The molecule has 1 aromatic heterocycles. The van der Waals surface area contributed by atoms with Gasteiger partial charge >= 0.3 is 0 Å². The largest absolute Gasteiger partial charge is 0.493 e. The predicted octanol–water partition coefficient (Wildman–Crippen LogP) is 5.80. The van der Waals surface area contributed by atoms with Gasteiger partial charge in [0.1, 0.15) is 6.61 Å². The topological polar surface area (TPSA) is 43.4 Å². The zero-order valence-corrected chi connectivity index (χ0v) is 18.5. The molecule has 3 rings (SSSR count). The van der Waals surface area contributed by atoms with Crippen molar-refractivity contribution in [2.45, 2.75) is 19.7 Å². The van der Waals surface area contributed by atoms with Gasteiger partial charge in [0, 0.05) is 36.1 Å². The van der Waals surface area contributed by atoms with E-state index in [0.717, 1.165) is 22.1 Å². The van der Waals surface area contributed by atoms with Gasteiger partial charge in [0.2, 0.25) is 0 Å². The number of pyridine rings is 1. The monoisotopic (exact) mass is 482 g/mol. The van der Waals surface area contributed by atoms with Gasteiger partial charge in [0.15, 0.2) is 11.5 Å². The Morgan fingerprint density at radius 1 is 1.04 bits per heavy atom. The first-order chi connectivity index (χ1) is 13.2. The first-order valence-electron chi connectivity index (χ1n) is 8.49. The molecule has 0 unspecified atom stereocenters. The van der Waals surface area contributed by atoms with Crippen LogP contribution in [0, 0.1) is 0 Å². The van der Waals surface area contributed by atoms with Gasteiger partial charge in [-0.15, -0.1) is 12.4 Å². The second kappa shape index (κ2) is 11.3. The van der Waals surface area contributed by atoms with Crippen molar-refractivity contribution in [3.8, 4) is 11.5 Å². The van der Waals surface area contributed by atoms with Crippen molar-refractivity contribution in [2.24, 2.45) is 0 Å². The third-order valence-electron chi connectivity index (χ3n) is 4.03. The maximum absolute atomic E-state index is 6.20. The van der Waals surface area contributed by atoms with Crippen LogP contribution in [-0.4, -0.2) is 12.1 Å². The van der Waals surface area contributed by atoms with Gasteiger partial charge < -0.3 is 14.8 Å². The van der Waals surface area contributed by atoms with Crippen LogP contribution in [0.4, 0.5) is 0 Å². The Balaban J connectivity index is 0.00000280. The summed E-state index contributed by atoms with van der Waals surface area (Å²) in [6, 6.07) is 15.6. The molecule has 0 bridgehead atoms. The minimum atomic E-state index is 0. The van der Waals surface area contributed by atoms with E-state index in [-0.39, 0.29) is 12.4 Å². The number of methoxy groups -OCH3 is 1. The first-order valence-corrected chi connectivity index (χ1v) is 9.66.